The number of nitrogens with zero attached hydrogens (tertiary/aromatic N) is 4. The molecule has 0 aliphatic rings. The minimum absolute atomic E-state index is 0.631. The number of aromatic nitrogens is 4. The first-order chi connectivity index (χ1) is 29.7. The third-order valence-electron chi connectivity index (χ3n) is 11.3. The van der Waals surface area contributed by atoms with Gasteiger partial charge in [0.15, 0.2) is 17.5 Å². The highest BCUT2D eigenvalue weighted by atomic mass is 15.0. The van der Waals surface area contributed by atoms with Crippen LogP contribution in [0.5, 0.6) is 0 Å². The number of pyridine rings is 1. The van der Waals surface area contributed by atoms with Gasteiger partial charge in [-0.05, 0) is 73.8 Å². The minimum Gasteiger partial charge on any atom is -0.247 e. The van der Waals surface area contributed by atoms with Crippen molar-refractivity contribution in [2.24, 2.45) is 0 Å². The standard InChI is InChI=1S/C56H36N4/c1-3-12-37(13-4-1)38-28-32-44(33-29-38)55-58-54(43-14-5-2-6-15-43)59-56(60-55)48-19-11-18-45(34-48)41-24-22-39(23-25-41)40-26-30-42(31-27-40)53-51-36-47-17-8-7-16-46(47)35-50(51)49-20-9-10-21-52(49)57-53/h1-36H. The van der Waals surface area contributed by atoms with E-state index in [2.05, 4.69) is 182 Å². The Morgan fingerprint density at radius 1 is 0.217 bits per heavy atom. The molecule has 0 radical (unpaired) electrons. The van der Waals surface area contributed by atoms with E-state index in [1.165, 1.54) is 27.1 Å². The van der Waals surface area contributed by atoms with Gasteiger partial charge >= 0.3 is 0 Å². The van der Waals surface area contributed by atoms with Crippen molar-refractivity contribution >= 4 is 32.4 Å². The first-order valence-corrected chi connectivity index (χ1v) is 20.2. The molecular weight excluding hydrogens is 729 g/mol. The highest BCUT2D eigenvalue weighted by molar-refractivity contribution is 6.15. The van der Waals surface area contributed by atoms with E-state index in [0.29, 0.717) is 17.5 Å². The fourth-order valence-corrected chi connectivity index (χ4v) is 8.17. The molecular formula is C56H36N4. The van der Waals surface area contributed by atoms with Crippen molar-refractivity contribution in [3.8, 4) is 78.8 Å². The van der Waals surface area contributed by atoms with Gasteiger partial charge in [0, 0.05) is 33.0 Å². The average Bonchev–Trinajstić information content (AvgIpc) is 3.34. The zero-order valence-electron chi connectivity index (χ0n) is 32.6. The average molecular weight is 765 g/mol. The molecule has 11 aromatic rings. The lowest BCUT2D eigenvalue weighted by Gasteiger charge is -2.12. The fraction of sp³-hybridized carbons (Fsp3) is 0. The van der Waals surface area contributed by atoms with E-state index in [-0.39, 0.29) is 0 Å². The summed E-state index contributed by atoms with van der Waals surface area (Å²) in [7, 11) is 0. The Kier molecular flexibility index (Phi) is 8.79. The van der Waals surface area contributed by atoms with Crippen molar-refractivity contribution in [1.29, 1.82) is 0 Å². The molecule has 4 heteroatoms. The third kappa shape index (κ3) is 6.66. The summed E-state index contributed by atoms with van der Waals surface area (Å²) in [6.07, 6.45) is 0. The highest BCUT2D eigenvalue weighted by Crippen LogP contribution is 2.37. The Balaban J connectivity index is 0.900. The van der Waals surface area contributed by atoms with Gasteiger partial charge in [-0.15, -0.1) is 0 Å². The first-order valence-electron chi connectivity index (χ1n) is 20.2. The number of para-hydroxylation sites is 1. The molecule has 0 N–H and O–H groups in total. The van der Waals surface area contributed by atoms with Crippen LogP contribution in [0.25, 0.3) is 111 Å². The van der Waals surface area contributed by atoms with Crippen LogP contribution in [0.1, 0.15) is 0 Å². The predicted molar refractivity (Wildman–Crippen MR) is 248 cm³/mol. The minimum atomic E-state index is 0.631. The molecule has 0 saturated carbocycles. The molecule has 0 aliphatic carbocycles. The van der Waals surface area contributed by atoms with Gasteiger partial charge in [-0.25, -0.2) is 19.9 Å². The van der Waals surface area contributed by atoms with Gasteiger partial charge in [0.2, 0.25) is 0 Å². The summed E-state index contributed by atoms with van der Waals surface area (Å²) in [5.41, 5.74) is 12.7. The molecule has 0 atom stereocenters. The van der Waals surface area contributed by atoms with Crippen molar-refractivity contribution in [3.63, 3.8) is 0 Å². The van der Waals surface area contributed by atoms with E-state index < -0.39 is 0 Å². The monoisotopic (exact) mass is 764 g/mol. The molecule has 0 unspecified atom stereocenters. The van der Waals surface area contributed by atoms with E-state index in [9.17, 15) is 0 Å². The molecule has 0 bridgehead atoms. The lowest BCUT2D eigenvalue weighted by atomic mass is 9.95. The van der Waals surface area contributed by atoms with E-state index in [1.54, 1.807) is 0 Å². The summed E-state index contributed by atoms with van der Waals surface area (Å²) < 4.78 is 0. The summed E-state index contributed by atoms with van der Waals surface area (Å²) in [5, 5.41) is 6.00. The zero-order valence-corrected chi connectivity index (χ0v) is 32.6. The van der Waals surface area contributed by atoms with Crippen LogP contribution in [-0.2, 0) is 0 Å². The first kappa shape index (κ1) is 35.1. The van der Waals surface area contributed by atoms with Gasteiger partial charge in [0.1, 0.15) is 0 Å². The highest BCUT2D eigenvalue weighted by Gasteiger charge is 2.15. The fourth-order valence-electron chi connectivity index (χ4n) is 8.17. The molecule has 4 nitrogen and oxygen atoms in total. The van der Waals surface area contributed by atoms with Crippen LogP contribution in [-0.4, -0.2) is 19.9 Å². The van der Waals surface area contributed by atoms with Crippen LogP contribution >= 0.6 is 0 Å². The van der Waals surface area contributed by atoms with Crippen LogP contribution < -0.4 is 0 Å². The van der Waals surface area contributed by atoms with E-state index in [1.807, 2.05) is 36.4 Å². The summed E-state index contributed by atoms with van der Waals surface area (Å²) in [6.45, 7) is 0. The third-order valence-corrected chi connectivity index (χ3v) is 11.3. The van der Waals surface area contributed by atoms with Crippen LogP contribution in [0.4, 0.5) is 0 Å². The second-order valence-corrected chi connectivity index (χ2v) is 15.1. The molecule has 2 heterocycles. The summed E-state index contributed by atoms with van der Waals surface area (Å²) in [4.78, 5) is 20.2. The summed E-state index contributed by atoms with van der Waals surface area (Å²) >= 11 is 0. The van der Waals surface area contributed by atoms with Crippen molar-refractivity contribution in [3.05, 3.63) is 218 Å². The predicted octanol–water partition coefficient (Wildman–Crippen LogP) is 14.4. The molecule has 0 amide bonds. The van der Waals surface area contributed by atoms with Crippen molar-refractivity contribution < 1.29 is 0 Å². The van der Waals surface area contributed by atoms with Crippen LogP contribution in [0.15, 0.2) is 218 Å². The quantitative estimate of drug-likeness (QED) is 0.120. The Labute approximate surface area is 348 Å². The summed E-state index contributed by atoms with van der Waals surface area (Å²) in [5.74, 6) is 1.91. The largest absolute Gasteiger partial charge is 0.247 e. The molecule has 60 heavy (non-hydrogen) atoms. The number of rotatable bonds is 7. The molecule has 9 aromatic carbocycles. The maximum Gasteiger partial charge on any atom is 0.164 e. The second kappa shape index (κ2) is 15.0. The van der Waals surface area contributed by atoms with Gasteiger partial charge in [0.05, 0.1) is 11.2 Å². The van der Waals surface area contributed by atoms with Crippen molar-refractivity contribution in [2.75, 3.05) is 0 Å². The smallest absolute Gasteiger partial charge is 0.164 e. The van der Waals surface area contributed by atoms with Crippen LogP contribution in [0, 0.1) is 0 Å². The second-order valence-electron chi connectivity index (χ2n) is 15.1. The maximum atomic E-state index is 5.20. The van der Waals surface area contributed by atoms with Gasteiger partial charge in [-0.1, -0.05) is 194 Å². The molecule has 0 saturated heterocycles. The lowest BCUT2D eigenvalue weighted by molar-refractivity contribution is 1.07. The van der Waals surface area contributed by atoms with Gasteiger partial charge < -0.3 is 0 Å². The molecule has 0 aliphatic heterocycles. The normalized spacial score (nSPS) is 11.3. The molecule has 0 spiro atoms. The topological polar surface area (TPSA) is 51.6 Å². The van der Waals surface area contributed by atoms with Gasteiger partial charge in [-0.2, -0.15) is 0 Å². The lowest BCUT2D eigenvalue weighted by Crippen LogP contribution is -2.00. The number of hydrogen-bond acceptors (Lipinski definition) is 4. The molecule has 2 aromatic heterocycles. The Bertz CT molecular complexity index is 3330. The Hall–Kier alpha value is -8.08. The summed E-state index contributed by atoms with van der Waals surface area (Å²) in [6, 6.07) is 76.5. The van der Waals surface area contributed by atoms with Crippen molar-refractivity contribution in [2.45, 2.75) is 0 Å². The van der Waals surface area contributed by atoms with E-state index >= 15 is 0 Å². The SMILES string of the molecule is c1ccc(-c2ccc(-c3nc(-c4ccccc4)nc(-c4cccc(-c5ccc(-c6ccc(-c7nc8ccccc8c8cc9ccccc9cc78)cc6)cc5)c4)n3)cc2)cc1. The van der Waals surface area contributed by atoms with Crippen LogP contribution in [0.3, 0.4) is 0 Å². The number of benzene rings is 9. The Morgan fingerprint density at radius 3 is 1.23 bits per heavy atom. The molecule has 11 rings (SSSR count). The van der Waals surface area contributed by atoms with Crippen LogP contribution in [0.2, 0.25) is 0 Å². The number of hydrogen-bond donors (Lipinski definition) is 0. The molecule has 280 valence electrons. The number of fused-ring (bicyclic) bond motifs is 4. The zero-order chi connectivity index (χ0) is 39.8. The van der Waals surface area contributed by atoms with Gasteiger partial charge in [-0.3, -0.25) is 0 Å². The van der Waals surface area contributed by atoms with Gasteiger partial charge in [0.25, 0.3) is 0 Å². The molecule has 0 fully saturated rings. The Morgan fingerprint density at radius 2 is 0.617 bits per heavy atom. The maximum absolute atomic E-state index is 5.20. The van der Waals surface area contributed by atoms with Crippen molar-refractivity contribution in [1.82, 2.24) is 19.9 Å². The van der Waals surface area contributed by atoms with E-state index in [0.717, 1.165) is 66.7 Å². The van der Waals surface area contributed by atoms with E-state index in [4.69, 9.17) is 19.9 Å².